The van der Waals surface area contributed by atoms with Crippen LogP contribution in [0.15, 0.2) is 53.0 Å². The second-order valence-corrected chi connectivity index (χ2v) is 9.99. The van der Waals surface area contributed by atoms with Gasteiger partial charge in [-0.05, 0) is 77.0 Å². The molecule has 178 valence electrons. The van der Waals surface area contributed by atoms with Crippen LogP contribution in [0.25, 0.3) is 10.9 Å². The van der Waals surface area contributed by atoms with E-state index in [1.165, 1.54) is 12.1 Å². The maximum absolute atomic E-state index is 13.7. The van der Waals surface area contributed by atoms with Gasteiger partial charge in [-0.1, -0.05) is 24.3 Å². The lowest BCUT2D eigenvalue weighted by Gasteiger charge is -2.32. The maximum Gasteiger partial charge on any atom is 0.272 e. The Bertz CT molecular complexity index is 1450. The Morgan fingerprint density at radius 1 is 1.03 bits per heavy atom. The Morgan fingerprint density at radius 3 is 2.46 bits per heavy atom. The fourth-order valence-electron chi connectivity index (χ4n) is 5.21. The van der Waals surface area contributed by atoms with Crippen molar-refractivity contribution in [2.45, 2.75) is 44.3 Å². The molecule has 2 atom stereocenters. The minimum Gasteiger partial charge on any atom is -0.350 e. The van der Waals surface area contributed by atoms with Crippen molar-refractivity contribution in [3.63, 3.8) is 0 Å². The molecule has 35 heavy (non-hydrogen) atoms. The molecule has 3 heterocycles. The molecule has 0 saturated carbocycles. The zero-order chi connectivity index (χ0) is 24.1. The average Bonchev–Trinajstić information content (AvgIpc) is 3.55. The number of hydrogen-bond donors (Lipinski definition) is 3. The van der Waals surface area contributed by atoms with E-state index < -0.39 is 0 Å². The average molecular weight is 536 g/mol. The largest absolute Gasteiger partial charge is 0.350 e. The Balaban J connectivity index is 1.20. The highest BCUT2D eigenvalue weighted by molar-refractivity contribution is 9.10. The molecule has 0 spiro atoms. The van der Waals surface area contributed by atoms with E-state index in [9.17, 15) is 14.0 Å². The SMILES string of the molecule is O=C(NC1CCC(NC(=O)c2cc3c(Br)cc(F)cc3[nH]2)c2ccccc21)c1cc2n(n1)CCC2. The highest BCUT2D eigenvalue weighted by Gasteiger charge is 2.30. The first-order valence-corrected chi connectivity index (χ1v) is 12.5. The van der Waals surface area contributed by atoms with Gasteiger partial charge in [-0.3, -0.25) is 14.3 Å². The standard InChI is InChI=1S/C26H23BrFN5O2/c27-19-10-14(28)11-22-18(19)13-23(29-22)25(34)30-20-7-8-21(17-6-2-1-5-16(17)20)31-26(35)24-12-15-4-3-9-33(15)32-24/h1-2,5-6,10-13,20-21,29H,3-4,7-9H2,(H,30,34)(H,31,35). The molecule has 0 fully saturated rings. The number of aromatic amines is 1. The number of H-pyrrole nitrogens is 1. The summed E-state index contributed by atoms with van der Waals surface area (Å²) in [5, 5.41) is 11.4. The van der Waals surface area contributed by atoms with Crippen LogP contribution >= 0.6 is 15.9 Å². The molecule has 1 aliphatic carbocycles. The summed E-state index contributed by atoms with van der Waals surface area (Å²) >= 11 is 3.35. The molecule has 2 aromatic carbocycles. The van der Waals surface area contributed by atoms with Gasteiger partial charge in [0, 0.05) is 22.1 Å². The molecule has 2 aromatic heterocycles. The quantitative estimate of drug-likeness (QED) is 0.345. The first-order valence-electron chi connectivity index (χ1n) is 11.7. The molecule has 9 heteroatoms. The molecule has 4 aromatic rings. The molecule has 0 radical (unpaired) electrons. The number of aryl methyl sites for hydroxylation is 2. The van der Waals surface area contributed by atoms with Gasteiger partial charge >= 0.3 is 0 Å². The minimum atomic E-state index is -0.382. The number of aromatic nitrogens is 3. The molecule has 2 aliphatic rings. The van der Waals surface area contributed by atoms with Crippen LogP contribution in [-0.4, -0.2) is 26.6 Å². The van der Waals surface area contributed by atoms with Gasteiger partial charge in [-0.15, -0.1) is 0 Å². The number of nitrogens with one attached hydrogen (secondary N) is 3. The van der Waals surface area contributed by atoms with Gasteiger partial charge in [0.05, 0.1) is 17.6 Å². The van der Waals surface area contributed by atoms with Crippen molar-refractivity contribution < 1.29 is 14.0 Å². The lowest BCUT2D eigenvalue weighted by molar-refractivity contribution is 0.0902. The third-order valence-electron chi connectivity index (χ3n) is 6.90. The fourth-order valence-corrected chi connectivity index (χ4v) is 5.76. The number of fused-ring (bicyclic) bond motifs is 3. The molecule has 3 N–H and O–H groups in total. The second-order valence-electron chi connectivity index (χ2n) is 9.14. The topological polar surface area (TPSA) is 91.8 Å². The number of hydrogen-bond acceptors (Lipinski definition) is 3. The van der Waals surface area contributed by atoms with Crippen LogP contribution < -0.4 is 10.6 Å². The van der Waals surface area contributed by atoms with Crippen LogP contribution in [0.2, 0.25) is 0 Å². The number of halogens is 2. The summed E-state index contributed by atoms with van der Waals surface area (Å²) < 4.78 is 16.2. The highest BCUT2D eigenvalue weighted by atomic mass is 79.9. The van der Waals surface area contributed by atoms with E-state index in [4.69, 9.17) is 0 Å². The Kier molecular flexibility index (Phi) is 5.44. The van der Waals surface area contributed by atoms with Crippen LogP contribution in [-0.2, 0) is 13.0 Å². The molecule has 2 unspecified atom stereocenters. The molecule has 6 rings (SSSR count). The summed E-state index contributed by atoms with van der Waals surface area (Å²) in [5.74, 6) is -0.818. The normalized spacial score (nSPS) is 18.8. The van der Waals surface area contributed by atoms with Crippen molar-refractivity contribution in [1.82, 2.24) is 25.4 Å². The summed E-state index contributed by atoms with van der Waals surface area (Å²) in [5.41, 5.74) is 4.45. The fraction of sp³-hybridized carbons (Fsp3) is 0.269. The van der Waals surface area contributed by atoms with Crippen molar-refractivity contribution in [3.05, 3.63) is 87.0 Å². The predicted octanol–water partition coefficient (Wildman–Crippen LogP) is 4.95. The van der Waals surface area contributed by atoms with Gasteiger partial charge < -0.3 is 15.6 Å². The summed E-state index contributed by atoms with van der Waals surface area (Å²) in [7, 11) is 0. The van der Waals surface area contributed by atoms with E-state index in [-0.39, 0.29) is 29.7 Å². The van der Waals surface area contributed by atoms with Crippen LogP contribution in [0.3, 0.4) is 0 Å². The number of benzene rings is 2. The van der Waals surface area contributed by atoms with E-state index >= 15 is 0 Å². The van der Waals surface area contributed by atoms with Gasteiger partial charge in [0.1, 0.15) is 17.2 Å². The Morgan fingerprint density at radius 2 is 1.74 bits per heavy atom. The molecular weight excluding hydrogens is 513 g/mol. The highest BCUT2D eigenvalue weighted by Crippen LogP contribution is 2.36. The van der Waals surface area contributed by atoms with Crippen LogP contribution in [0.5, 0.6) is 0 Å². The minimum absolute atomic E-state index is 0.157. The third-order valence-corrected chi connectivity index (χ3v) is 7.55. The summed E-state index contributed by atoms with van der Waals surface area (Å²) in [4.78, 5) is 29.0. The van der Waals surface area contributed by atoms with Gasteiger partial charge in [-0.2, -0.15) is 5.10 Å². The number of rotatable bonds is 4. The molecule has 0 bridgehead atoms. The van der Waals surface area contributed by atoms with E-state index in [2.05, 4.69) is 36.6 Å². The van der Waals surface area contributed by atoms with Gasteiger partial charge in [0.15, 0.2) is 0 Å². The van der Waals surface area contributed by atoms with E-state index in [1.807, 2.05) is 35.0 Å². The number of carbonyl (C=O) groups is 2. The van der Waals surface area contributed by atoms with Gasteiger partial charge in [0.25, 0.3) is 11.8 Å². The van der Waals surface area contributed by atoms with Crippen LogP contribution in [0.4, 0.5) is 4.39 Å². The predicted molar refractivity (Wildman–Crippen MR) is 133 cm³/mol. The number of carbonyl (C=O) groups excluding carboxylic acids is 2. The second kappa shape index (κ2) is 8.64. The zero-order valence-electron chi connectivity index (χ0n) is 18.8. The van der Waals surface area contributed by atoms with Crippen molar-refractivity contribution in [2.75, 3.05) is 0 Å². The van der Waals surface area contributed by atoms with E-state index in [1.54, 1.807) is 6.07 Å². The molecular formula is C26H23BrFN5O2. The van der Waals surface area contributed by atoms with Crippen molar-refractivity contribution in [1.29, 1.82) is 0 Å². The summed E-state index contributed by atoms with van der Waals surface area (Å²) in [6.07, 6.45) is 3.38. The Labute approximate surface area is 209 Å². The first-order chi connectivity index (χ1) is 17.0. The van der Waals surface area contributed by atoms with Crippen molar-refractivity contribution in [2.24, 2.45) is 0 Å². The molecule has 0 saturated heterocycles. The van der Waals surface area contributed by atoms with Crippen LogP contribution in [0, 0.1) is 5.82 Å². The lowest BCUT2D eigenvalue weighted by Crippen LogP contribution is -2.37. The van der Waals surface area contributed by atoms with Gasteiger partial charge in [0.2, 0.25) is 0 Å². The third kappa shape index (κ3) is 4.03. The van der Waals surface area contributed by atoms with Crippen molar-refractivity contribution >= 4 is 38.6 Å². The first kappa shape index (κ1) is 22.0. The molecule has 7 nitrogen and oxygen atoms in total. The van der Waals surface area contributed by atoms with E-state index in [0.717, 1.165) is 41.6 Å². The van der Waals surface area contributed by atoms with E-state index in [0.29, 0.717) is 34.2 Å². The number of amides is 2. The number of nitrogens with zero attached hydrogens (tertiary/aromatic N) is 2. The lowest BCUT2D eigenvalue weighted by atomic mass is 9.84. The molecule has 1 aliphatic heterocycles. The van der Waals surface area contributed by atoms with Crippen molar-refractivity contribution in [3.8, 4) is 0 Å². The maximum atomic E-state index is 13.7. The summed E-state index contributed by atoms with van der Waals surface area (Å²) in [6.45, 7) is 0.860. The summed E-state index contributed by atoms with van der Waals surface area (Å²) in [6, 6.07) is 13.8. The zero-order valence-corrected chi connectivity index (χ0v) is 20.4. The van der Waals surface area contributed by atoms with Crippen LogP contribution in [0.1, 0.15) is 69.1 Å². The smallest absolute Gasteiger partial charge is 0.272 e. The molecule has 2 amide bonds. The monoisotopic (exact) mass is 535 g/mol. The Hall–Kier alpha value is -3.46. The van der Waals surface area contributed by atoms with Gasteiger partial charge in [-0.25, -0.2) is 4.39 Å².